The molecule has 0 N–H and O–H groups in total. The third kappa shape index (κ3) is 4.51. The van der Waals surface area contributed by atoms with Crippen LogP contribution in [-0.4, -0.2) is 52.8 Å². The van der Waals surface area contributed by atoms with Crippen molar-refractivity contribution in [3.05, 3.63) is 41.5 Å². The van der Waals surface area contributed by atoms with Crippen LogP contribution in [0, 0.1) is 19.8 Å². The van der Waals surface area contributed by atoms with E-state index in [1.165, 1.54) is 4.31 Å². The third-order valence-corrected chi connectivity index (χ3v) is 7.33. The van der Waals surface area contributed by atoms with Crippen LogP contribution in [-0.2, 0) is 21.4 Å². The van der Waals surface area contributed by atoms with Gasteiger partial charge in [-0.25, -0.2) is 8.42 Å². The van der Waals surface area contributed by atoms with Gasteiger partial charge in [-0.05, 0) is 38.3 Å². The second-order valence-corrected chi connectivity index (χ2v) is 9.67. The molecule has 3 rings (SSSR count). The van der Waals surface area contributed by atoms with Gasteiger partial charge in [-0.15, -0.1) is 0 Å². The summed E-state index contributed by atoms with van der Waals surface area (Å²) in [5.41, 5.74) is 1.28. The Balaban J connectivity index is 1.87. The predicted octanol–water partition coefficient (Wildman–Crippen LogP) is 2.52. The van der Waals surface area contributed by atoms with Crippen LogP contribution in [0.5, 0.6) is 0 Å². The number of amides is 1. The quantitative estimate of drug-likeness (QED) is 0.712. The Morgan fingerprint density at radius 1 is 1.38 bits per heavy atom. The van der Waals surface area contributed by atoms with Gasteiger partial charge in [0.05, 0.1) is 0 Å². The third-order valence-electron chi connectivity index (χ3n) is 5.22. The highest BCUT2D eigenvalue weighted by Crippen LogP contribution is 2.28. The largest absolute Gasteiger partial charge is 0.360 e. The lowest BCUT2D eigenvalue weighted by Crippen LogP contribution is -2.52. The van der Waals surface area contributed by atoms with Crippen LogP contribution in [0.2, 0.25) is 0 Å². The van der Waals surface area contributed by atoms with Crippen molar-refractivity contribution in [3.8, 4) is 0 Å². The number of sulfonamides is 1. The zero-order valence-electron chi connectivity index (χ0n) is 17.3. The highest BCUT2D eigenvalue weighted by atomic mass is 32.2. The lowest BCUT2D eigenvalue weighted by Gasteiger charge is -2.39. The number of piperidine rings is 1. The summed E-state index contributed by atoms with van der Waals surface area (Å²) < 4.78 is 33.0. The molecule has 0 aromatic carbocycles. The van der Waals surface area contributed by atoms with Gasteiger partial charge >= 0.3 is 0 Å². The number of aryl methyl sites for hydroxylation is 2. The monoisotopic (exact) mass is 420 g/mol. The van der Waals surface area contributed by atoms with Crippen LogP contribution in [0.25, 0.3) is 0 Å². The molecule has 8 nitrogen and oxygen atoms in total. The van der Waals surface area contributed by atoms with Gasteiger partial charge in [0.25, 0.3) is 0 Å². The number of rotatable bonds is 6. The summed E-state index contributed by atoms with van der Waals surface area (Å²) in [7, 11) is -3.74. The van der Waals surface area contributed by atoms with Crippen LogP contribution < -0.4 is 0 Å². The molecule has 0 spiro atoms. The highest BCUT2D eigenvalue weighted by Gasteiger charge is 2.37. The van der Waals surface area contributed by atoms with Gasteiger partial charge in [-0.1, -0.05) is 25.1 Å². The van der Waals surface area contributed by atoms with E-state index in [1.807, 2.05) is 26.0 Å². The molecular weight excluding hydrogens is 392 g/mol. The normalized spacial score (nSPS) is 18.2. The van der Waals surface area contributed by atoms with Crippen LogP contribution in [0.3, 0.4) is 0 Å². The molecule has 1 amide bonds. The molecule has 1 atom stereocenters. The van der Waals surface area contributed by atoms with E-state index in [2.05, 4.69) is 10.1 Å². The summed E-state index contributed by atoms with van der Waals surface area (Å²) in [5.74, 6) is 0.117. The zero-order valence-corrected chi connectivity index (χ0v) is 18.1. The Morgan fingerprint density at radius 3 is 2.72 bits per heavy atom. The standard InChI is InChI=1S/C20H28N4O4S/c1-14(2)20(25)24(12-17-7-5-9-21-11-17)18-8-6-10-23(13-18)29(26,27)19-15(3)22-28-16(19)4/h5,7,9,11,14,18H,6,8,10,12-13H2,1-4H3. The van der Waals surface area contributed by atoms with Crippen molar-refractivity contribution in [3.63, 3.8) is 0 Å². The Kier molecular flexibility index (Phi) is 6.38. The smallest absolute Gasteiger partial charge is 0.248 e. The minimum atomic E-state index is -3.74. The van der Waals surface area contributed by atoms with Crippen LogP contribution >= 0.6 is 0 Å². The second-order valence-electron chi connectivity index (χ2n) is 7.79. The molecule has 2 aromatic rings. The summed E-state index contributed by atoms with van der Waals surface area (Å²) in [5, 5.41) is 3.79. The molecule has 3 heterocycles. The molecule has 1 aliphatic rings. The SMILES string of the molecule is Cc1noc(C)c1S(=O)(=O)N1CCCC(N(Cc2cccnc2)C(=O)C(C)C)C1. The predicted molar refractivity (Wildman–Crippen MR) is 107 cm³/mol. The van der Waals surface area contributed by atoms with E-state index < -0.39 is 10.0 Å². The van der Waals surface area contributed by atoms with Crippen molar-refractivity contribution in [1.29, 1.82) is 0 Å². The molecule has 158 valence electrons. The molecule has 0 bridgehead atoms. The van der Waals surface area contributed by atoms with Crippen LogP contribution in [0.1, 0.15) is 43.7 Å². The number of hydrogen-bond donors (Lipinski definition) is 0. The van der Waals surface area contributed by atoms with Crippen molar-refractivity contribution >= 4 is 15.9 Å². The van der Waals surface area contributed by atoms with Crippen molar-refractivity contribution in [2.45, 2.75) is 58.0 Å². The average molecular weight is 421 g/mol. The van der Waals surface area contributed by atoms with Gasteiger partial charge in [-0.3, -0.25) is 9.78 Å². The van der Waals surface area contributed by atoms with Gasteiger partial charge in [-0.2, -0.15) is 4.31 Å². The Morgan fingerprint density at radius 2 is 2.14 bits per heavy atom. The molecule has 29 heavy (non-hydrogen) atoms. The van der Waals surface area contributed by atoms with Gasteiger partial charge in [0.1, 0.15) is 10.6 Å². The number of carbonyl (C=O) groups excluding carboxylic acids is 1. The first-order valence-corrected chi connectivity index (χ1v) is 11.3. The molecule has 2 aromatic heterocycles. The molecule has 1 unspecified atom stereocenters. The molecule has 9 heteroatoms. The van der Waals surface area contributed by atoms with E-state index in [0.29, 0.717) is 25.2 Å². The van der Waals surface area contributed by atoms with Gasteiger partial charge in [0.15, 0.2) is 5.76 Å². The van der Waals surface area contributed by atoms with E-state index in [-0.39, 0.29) is 35.1 Å². The molecule has 1 fully saturated rings. The first kappa shape index (κ1) is 21.4. The number of hydrogen-bond acceptors (Lipinski definition) is 6. The van der Waals surface area contributed by atoms with E-state index in [0.717, 1.165) is 12.0 Å². The van der Waals surface area contributed by atoms with Crippen molar-refractivity contribution in [2.24, 2.45) is 5.92 Å². The second kappa shape index (κ2) is 8.62. The Labute approximate surface area is 171 Å². The van der Waals surface area contributed by atoms with E-state index >= 15 is 0 Å². The molecule has 0 aliphatic carbocycles. The number of aromatic nitrogens is 2. The first-order chi connectivity index (χ1) is 13.7. The van der Waals surface area contributed by atoms with Gasteiger partial charge in [0.2, 0.25) is 15.9 Å². The highest BCUT2D eigenvalue weighted by molar-refractivity contribution is 7.89. The van der Waals surface area contributed by atoms with E-state index in [4.69, 9.17) is 4.52 Å². The number of nitrogens with zero attached hydrogens (tertiary/aromatic N) is 4. The van der Waals surface area contributed by atoms with Crippen LogP contribution in [0.4, 0.5) is 0 Å². The molecule has 0 saturated carbocycles. The number of carbonyl (C=O) groups is 1. The van der Waals surface area contributed by atoms with Gasteiger partial charge < -0.3 is 9.42 Å². The molecule has 1 saturated heterocycles. The van der Waals surface area contributed by atoms with E-state index in [9.17, 15) is 13.2 Å². The Hall–Kier alpha value is -2.26. The fraction of sp³-hybridized carbons (Fsp3) is 0.550. The fourth-order valence-corrected chi connectivity index (χ4v) is 5.58. The minimum Gasteiger partial charge on any atom is -0.360 e. The summed E-state index contributed by atoms with van der Waals surface area (Å²) in [6.07, 6.45) is 4.87. The lowest BCUT2D eigenvalue weighted by atomic mass is 10.0. The first-order valence-electron chi connectivity index (χ1n) is 9.84. The topological polar surface area (TPSA) is 96.6 Å². The fourth-order valence-electron chi connectivity index (χ4n) is 3.77. The molecule has 1 aliphatic heterocycles. The van der Waals surface area contributed by atoms with Crippen molar-refractivity contribution in [2.75, 3.05) is 13.1 Å². The maximum atomic E-state index is 13.2. The zero-order chi connectivity index (χ0) is 21.2. The minimum absolute atomic E-state index is 0.00967. The average Bonchev–Trinajstić information content (AvgIpc) is 3.05. The van der Waals surface area contributed by atoms with Crippen LogP contribution in [0.15, 0.2) is 33.9 Å². The summed E-state index contributed by atoms with van der Waals surface area (Å²) in [4.78, 5) is 19.0. The number of pyridine rings is 1. The molecular formula is C20H28N4O4S. The van der Waals surface area contributed by atoms with E-state index in [1.54, 1.807) is 31.1 Å². The maximum absolute atomic E-state index is 13.2. The van der Waals surface area contributed by atoms with Gasteiger partial charge in [0, 0.05) is 44.0 Å². The van der Waals surface area contributed by atoms with Crippen molar-refractivity contribution < 1.29 is 17.7 Å². The Bertz CT molecular complexity index is 937. The lowest BCUT2D eigenvalue weighted by molar-refractivity contribution is -0.138. The summed E-state index contributed by atoms with van der Waals surface area (Å²) >= 11 is 0. The summed E-state index contributed by atoms with van der Waals surface area (Å²) in [6, 6.07) is 3.56. The molecule has 0 radical (unpaired) electrons. The van der Waals surface area contributed by atoms with Crippen molar-refractivity contribution in [1.82, 2.24) is 19.3 Å². The summed E-state index contributed by atoms with van der Waals surface area (Å²) in [6.45, 7) is 8.03. The maximum Gasteiger partial charge on any atom is 0.248 e.